The standard InChI is InChI=1S/C8H16N2.2ClH/c1-10-6-2-4-7(9)8(10)5-3-6;;/h6-8H,2-5,9H2,1H3;2*1H/t6-,7-,8-;;/m0../s1. The lowest BCUT2D eigenvalue weighted by molar-refractivity contribution is 0.158. The molecule has 2 aliphatic rings. The summed E-state index contributed by atoms with van der Waals surface area (Å²) in [6.45, 7) is 0. The SMILES string of the molecule is CN1[C@H]2CC[C@H](N)[C@@H]1CC2.Cl.Cl. The van der Waals surface area contributed by atoms with E-state index in [-0.39, 0.29) is 24.8 Å². The molecule has 4 heteroatoms. The summed E-state index contributed by atoms with van der Waals surface area (Å²) < 4.78 is 0. The van der Waals surface area contributed by atoms with Crippen molar-refractivity contribution in [3.05, 3.63) is 0 Å². The number of rotatable bonds is 0. The van der Waals surface area contributed by atoms with Crippen molar-refractivity contribution < 1.29 is 0 Å². The third kappa shape index (κ3) is 1.87. The lowest BCUT2D eigenvalue weighted by Crippen LogP contribution is -2.48. The van der Waals surface area contributed by atoms with E-state index in [2.05, 4.69) is 11.9 Å². The van der Waals surface area contributed by atoms with E-state index >= 15 is 0 Å². The molecule has 2 nitrogen and oxygen atoms in total. The number of halogens is 2. The van der Waals surface area contributed by atoms with Gasteiger partial charge in [-0.2, -0.15) is 0 Å². The monoisotopic (exact) mass is 212 g/mol. The Morgan fingerprint density at radius 3 is 2.25 bits per heavy atom. The summed E-state index contributed by atoms with van der Waals surface area (Å²) in [7, 11) is 2.22. The van der Waals surface area contributed by atoms with Crippen LogP contribution in [0.1, 0.15) is 25.7 Å². The lowest BCUT2D eigenvalue weighted by Gasteiger charge is -2.35. The predicted octanol–water partition coefficient (Wildman–Crippen LogP) is 1.41. The fourth-order valence-electron chi connectivity index (χ4n) is 2.48. The molecule has 0 saturated carbocycles. The molecule has 2 aliphatic heterocycles. The first-order chi connectivity index (χ1) is 4.79. The largest absolute Gasteiger partial charge is 0.326 e. The molecule has 2 rings (SSSR count). The van der Waals surface area contributed by atoms with Gasteiger partial charge in [0.1, 0.15) is 0 Å². The smallest absolute Gasteiger partial charge is 0.0247 e. The predicted molar refractivity (Wildman–Crippen MR) is 56.3 cm³/mol. The van der Waals surface area contributed by atoms with Crippen molar-refractivity contribution in [2.24, 2.45) is 5.73 Å². The van der Waals surface area contributed by atoms with Crippen LogP contribution in [0, 0.1) is 0 Å². The molecule has 0 unspecified atom stereocenters. The Kier molecular flexibility index (Phi) is 4.85. The second-order valence-corrected chi connectivity index (χ2v) is 3.71. The highest BCUT2D eigenvalue weighted by molar-refractivity contribution is 5.85. The topological polar surface area (TPSA) is 29.3 Å². The van der Waals surface area contributed by atoms with Gasteiger partial charge in [0.15, 0.2) is 0 Å². The zero-order valence-electron chi connectivity index (χ0n) is 7.40. The van der Waals surface area contributed by atoms with Gasteiger partial charge in [-0.15, -0.1) is 24.8 Å². The van der Waals surface area contributed by atoms with Gasteiger partial charge in [0.2, 0.25) is 0 Å². The molecular formula is C8H18Cl2N2. The molecule has 2 N–H and O–H groups in total. The molecular weight excluding hydrogens is 195 g/mol. The van der Waals surface area contributed by atoms with Gasteiger partial charge in [0, 0.05) is 18.1 Å². The molecule has 12 heavy (non-hydrogen) atoms. The summed E-state index contributed by atoms with van der Waals surface area (Å²) in [5.41, 5.74) is 5.96. The molecule has 2 bridgehead atoms. The zero-order chi connectivity index (χ0) is 7.14. The summed E-state index contributed by atoms with van der Waals surface area (Å²) in [4.78, 5) is 2.48. The Hall–Kier alpha value is 0.500. The van der Waals surface area contributed by atoms with E-state index < -0.39 is 0 Å². The molecule has 0 spiro atoms. The summed E-state index contributed by atoms with van der Waals surface area (Å²) in [6.07, 6.45) is 5.30. The van der Waals surface area contributed by atoms with Crippen molar-refractivity contribution in [3.63, 3.8) is 0 Å². The van der Waals surface area contributed by atoms with Crippen molar-refractivity contribution in [2.75, 3.05) is 7.05 Å². The van der Waals surface area contributed by atoms with Crippen LogP contribution < -0.4 is 5.73 Å². The number of hydrogen-bond acceptors (Lipinski definition) is 2. The maximum atomic E-state index is 5.96. The minimum absolute atomic E-state index is 0. The maximum absolute atomic E-state index is 5.96. The molecule has 3 atom stereocenters. The summed E-state index contributed by atoms with van der Waals surface area (Å²) in [6, 6.07) is 2.03. The van der Waals surface area contributed by atoms with Gasteiger partial charge >= 0.3 is 0 Å². The van der Waals surface area contributed by atoms with E-state index in [0.717, 1.165) is 6.04 Å². The maximum Gasteiger partial charge on any atom is 0.0247 e. The Morgan fingerprint density at radius 2 is 1.67 bits per heavy atom. The first kappa shape index (κ1) is 12.5. The second-order valence-electron chi connectivity index (χ2n) is 3.71. The van der Waals surface area contributed by atoms with E-state index in [4.69, 9.17) is 5.73 Å². The van der Waals surface area contributed by atoms with Crippen LogP contribution in [-0.2, 0) is 0 Å². The van der Waals surface area contributed by atoms with Crippen molar-refractivity contribution in [1.82, 2.24) is 4.90 Å². The molecule has 74 valence electrons. The Labute approximate surface area is 86.7 Å². The third-order valence-electron chi connectivity index (χ3n) is 3.22. The molecule has 0 aromatic heterocycles. The minimum Gasteiger partial charge on any atom is -0.326 e. The van der Waals surface area contributed by atoms with Crippen LogP contribution in [0.15, 0.2) is 0 Å². The van der Waals surface area contributed by atoms with Crippen molar-refractivity contribution >= 4 is 24.8 Å². The van der Waals surface area contributed by atoms with E-state index in [0.29, 0.717) is 12.1 Å². The van der Waals surface area contributed by atoms with Gasteiger partial charge in [-0.1, -0.05) is 0 Å². The molecule has 2 heterocycles. The highest BCUT2D eigenvalue weighted by atomic mass is 35.5. The fourth-order valence-corrected chi connectivity index (χ4v) is 2.48. The van der Waals surface area contributed by atoms with Gasteiger partial charge in [-0.05, 0) is 32.7 Å². The number of likely N-dealkylation sites (N-methyl/N-ethyl adjacent to an activating group) is 1. The highest BCUT2D eigenvalue weighted by Gasteiger charge is 2.38. The zero-order valence-corrected chi connectivity index (χ0v) is 9.03. The summed E-state index contributed by atoms with van der Waals surface area (Å²) in [5, 5.41) is 0. The van der Waals surface area contributed by atoms with Crippen LogP contribution in [0.25, 0.3) is 0 Å². The molecule has 0 aromatic carbocycles. The molecule has 0 radical (unpaired) electrons. The van der Waals surface area contributed by atoms with E-state index in [1.807, 2.05) is 0 Å². The van der Waals surface area contributed by atoms with Gasteiger partial charge in [-0.25, -0.2) is 0 Å². The van der Waals surface area contributed by atoms with Crippen LogP contribution >= 0.6 is 24.8 Å². The van der Waals surface area contributed by atoms with Crippen LogP contribution in [0.2, 0.25) is 0 Å². The molecule has 0 amide bonds. The number of hydrogen-bond donors (Lipinski definition) is 1. The van der Waals surface area contributed by atoms with E-state index in [1.165, 1.54) is 25.7 Å². The second kappa shape index (κ2) is 4.66. The van der Waals surface area contributed by atoms with Crippen LogP contribution in [0.4, 0.5) is 0 Å². The molecule has 2 fully saturated rings. The molecule has 2 saturated heterocycles. The fraction of sp³-hybridized carbons (Fsp3) is 1.00. The number of piperidine rings is 1. The van der Waals surface area contributed by atoms with E-state index in [1.54, 1.807) is 0 Å². The number of fused-ring (bicyclic) bond motifs is 2. The van der Waals surface area contributed by atoms with Crippen LogP contribution in [0.3, 0.4) is 0 Å². The molecule has 0 aromatic rings. The highest BCUT2D eigenvalue weighted by Crippen LogP contribution is 2.32. The first-order valence-electron chi connectivity index (χ1n) is 4.26. The summed E-state index contributed by atoms with van der Waals surface area (Å²) in [5.74, 6) is 0. The summed E-state index contributed by atoms with van der Waals surface area (Å²) >= 11 is 0. The van der Waals surface area contributed by atoms with E-state index in [9.17, 15) is 0 Å². The van der Waals surface area contributed by atoms with Crippen LogP contribution in [-0.4, -0.2) is 30.1 Å². The van der Waals surface area contributed by atoms with Gasteiger partial charge < -0.3 is 5.73 Å². The average molecular weight is 213 g/mol. The van der Waals surface area contributed by atoms with Gasteiger partial charge in [0.05, 0.1) is 0 Å². The average Bonchev–Trinajstić information content (AvgIpc) is 2.13. The first-order valence-corrected chi connectivity index (χ1v) is 4.26. The normalized spacial score (nSPS) is 40.0. The van der Waals surface area contributed by atoms with Crippen molar-refractivity contribution in [3.8, 4) is 0 Å². The Bertz CT molecular complexity index is 143. The van der Waals surface area contributed by atoms with Crippen molar-refractivity contribution in [1.29, 1.82) is 0 Å². The Balaban J connectivity index is 0.000000605. The van der Waals surface area contributed by atoms with Gasteiger partial charge in [-0.3, -0.25) is 4.90 Å². The Morgan fingerprint density at radius 1 is 1.08 bits per heavy atom. The van der Waals surface area contributed by atoms with Crippen molar-refractivity contribution in [2.45, 2.75) is 43.8 Å². The minimum atomic E-state index is 0. The quantitative estimate of drug-likeness (QED) is 0.659. The third-order valence-corrected chi connectivity index (χ3v) is 3.22. The lowest BCUT2D eigenvalue weighted by atomic mass is 9.99. The number of nitrogens with zero attached hydrogens (tertiary/aromatic N) is 1. The van der Waals surface area contributed by atoms with Crippen LogP contribution in [0.5, 0.6) is 0 Å². The molecule has 0 aliphatic carbocycles. The van der Waals surface area contributed by atoms with Gasteiger partial charge in [0.25, 0.3) is 0 Å². The number of nitrogens with two attached hydrogens (primary N) is 1.